The number of amides is 2. The second-order valence-electron chi connectivity index (χ2n) is 8.04. The van der Waals surface area contributed by atoms with Crippen LogP contribution in [-0.2, 0) is 20.9 Å². The maximum atomic E-state index is 14.3. The fourth-order valence-electron chi connectivity index (χ4n) is 3.30. The first kappa shape index (κ1) is 22.1. The van der Waals surface area contributed by atoms with Crippen LogP contribution in [0.3, 0.4) is 0 Å². The molecule has 2 aromatic rings. The number of ether oxygens (including phenoxy) is 1. The number of carbonyl (C=O) groups excluding carboxylic acids is 3. The van der Waals surface area contributed by atoms with Gasteiger partial charge >= 0.3 is 5.97 Å². The maximum Gasteiger partial charge on any atom is 0.307 e. The number of rotatable bonds is 4. The van der Waals surface area contributed by atoms with E-state index in [1.54, 1.807) is 26.8 Å². The highest BCUT2D eigenvalue weighted by atomic mass is 79.9. The summed E-state index contributed by atoms with van der Waals surface area (Å²) in [5, 5.41) is 0. The Morgan fingerprint density at radius 2 is 1.83 bits per heavy atom. The zero-order valence-electron chi connectivity index (χ0n) is 16.7. The summed E-state index contributed by atoms with van der Waals surface area (Å²) in [4.78, 5) is 39.3. The van der Waals surface area contributed by atoms with Crippen molar-refractivity contribution in [2.24, 2.45) is 0 Å². The van der Waals surface area contributed by atoms with Crippen molar-refractivity contribution in [1.29, 1.82) is 0 Å². The van der Waals surface area contributed by atoms with E-state index in [4.69, 9.17) is 4.74 Å². The first-order valence-electron chi connectivity index (χ1n) is 9.27. The van der Waals surface area contributed by atoms with Gasteiger partial charge in [-0.3, -0.25) is 19.3 Å². The largest absolute Gasteiger partial charge is 0.460 e. The van der Waals surface area contributed by atoms with Crippen molar-refractivity contribution in [3.63, 3.8) is 0 Å². The van der Waals surface area contributed by atoms with E-state index in [9.17, 15) is 23.2 Å². The number of hydrogen-bond acceptors (Lipinski definition) is 4. The quantitative estimate of drug-likeness (QED) is 0.469. The molecule has 0 N–H and O–H groups in total. The zero-order valence-corrected chi connectivity index (χ0v) is 18.3. The molecule has 1 atom stereocenters. The average Bonchev–Trinajstić information content (AvgIpc) is 2.62. The van der Waals surface area contributed by atoms with Crippen molar-refractivity contribution in [3.05, 3.63) is 69.2 Å². The Morgan fingerprint density at radius 1 is 1.13 bits per heavy atom. The summed E-state index contributed by atoms with van der Waals surface area (Å²) in [5.74, 6) is -4.35. The van der Waals surface area contributed by atoms with Gasteiger partial charge in [0.2, 0.25) is 5.91 Å². The molecule has 158 valence electrons. The van der Waals surface area contributed by atoms with Crippen LogP contribution in [0, 0.1) is 11.6 Å². The van der Waals surface area contributed by atoms with Crippen LogP contribution < -0.4 is 0 Å². The summed E-state index contributed by atoms with van der Waals surface area (Å²) in [6.07, 6.45) is -0.362. The first-order valence-corrected chi connectivity index (χ1v) is 10.1. The van der Waals surface area contributed by atoms with Gasteiger partial charge in [-0.1, -0.05) is 22.0 Å². The molecular formula is C22H20BrF2NO4. The lowest BCUT2D eigenvalue weighted by Crippen LogP contribution is -2.45. The summed E-state index contributed by atoms with van der Waals surface area (Å²) in [5.41, 5.74) is -0.401. The van der Waals surface area contributed by atoms with Gasteiger partial charge in [0.25, 0.3) is 5.91 Å². The van der Waals surface area contributed by atoms with Crippen molar-refractivity contribution in [2.45, 2.75) is 45.3 Å². The molecule has 0 aromatic heterocycles. The van der Waals surface area contributed by atoms with E-state index < -0.39 is 40.9 Å². The number of fused-ring (bicyclic) bond motifs is 1. The minimum absolute atomic E-state index is 0.0991. The molecule has 0 aliphatic carbocycles. The fraction of sp³-hybridized carbons (Fsp3) is 0.318. The summed E-state index contributed by atoms with van der Waals surface area (Å²) < 4.78 is 34.0. The van der Waals surface area contributed by atoms with Crippen LogP contribution in [0.2, 0.25) is 0 Å². The molecule has 30 heavy (non-hydrogen) atoms. The molecule has 0 bridgehead atoms. The van der Waals surface area contributed by atoms with Crippen molar-refractivity contribution in [3.8, 4) is 0 Å². The van der Waals surface area contributed by atoms with Crippen LogP contribution in [0.15, 0.2) is 40.9 Å². The van der Waals surface area contributed by atoms with Crippen molar-refractivity contribution < 1.29 is 27.9 Å². The van der Waals surface area contributed by atoms with Gasteiger partial charge in [0, 0.05) is 15.6 Å². The smallest absolute Gasteiger partial charge is 0.307 e. The second-order valence-corrected chi connectivity index (χ2v) is 8.96. The van der Waals surface area contributed by atoms with Gasteiger partial charge in [-0.2, -0.15) is 0 Å². The van der Waals surface area contributed by atoms with E-state index in [0.717, 1.165) is 17.0 Å². The third-order valence-electron chi connectivity index (χ3n) is 4.56. The molecule has 5 nitrogen and oxygen atoms in total. The summed E-state index contributed by atoms with van der Waals surface area (Å²) in [7, 11) is 0. The average molecular weight is 480 g/mol. The topological polar surface area (TPSA) is 63.7 Å². The van der Waals surface area contributed by atoms with Crippen LogP contribution in [-0.4, -0.2) is 28.3 Å². The zero-order chi connectivity index (χ0) is 22.2. The van der Waals surface area contributed by atoms with E-state index >= 15 is 0 Å². The Kier molecular flexibility index (Phi) is 6.08. The molecule has 2 aromatic carbocycles. The standard InChI is InChI=1S/C22H20BrF2NO4/c1-22(2,3)30-19(27)10-17-16-9-14(24)6-7-15(16)20(28)26(21(17)29)11-12-4-5-13(23)8-18(12)25/h4-9,17H,10-11H2,1-3H3. The van der Waals surface area contributed by atoms with Crippen LogP contribution in [0.1, 0.15) is 54.6 Å². The highest BCUT2D eigenvalue weighted by molar-refractivity contribution is 9.10. The van der Waals surface area contributed by atoms with E-state index in [2.05, 4.69) is 15.9 Å². The van der Waals surface area contributed by atoms with Gasteiger partial charge < -0.3 is 4.74 Å². The third kappa shape index (κ3) is 4.75. The van der Waals surface area contributed by atoms with Gasteiger partial charge in [-0.15, -0.1) is 0 Å². The third-order valence-corrected chi connectivity index (χ3v) is 5.06. The Morgan fingerprint density at radius 3 is 2.47 bits per heavy atom. The predicted molar refractivity (Wildman–Crippen MR) is 109 cm³/mol. The monoisotopic (exact) mass is 479 g/mol. The Bertz CT molecular complexity index is 1030. The van der Waals surface area contributed by atoms with E-state index in [1.165, 1.54) is 18.2 Å². The molecule has 8 heteroatoms. The van der Waals surface area contributed by atoms with E-state index in [1.807, 2.05) is 0 Å². The molecule has 0 radical (unpaired) electrons. The van der Waals surface area contributed by atoms with Crippen LogP contribution in [0.25, 0.3) is 0 Å². The maximum absolute atomic E-state index is 14.3. The lowest BCUT2D eigenvalue weighted by molar-refractivity contribution is -0.157. The second kappa shape index (κ2) is 8.26. The number of carbonyl (C=O) groups is 3. The molecule has 0 saturated carbocycles. The van der Waals surface area contributed by atoms with Gasteiger partial charge in [-0.05, 0) is 56.7 Å². The minimum atomic E-state index is -1.11. The molecule has 0 spiro atoms. The summed E-state index contributed by atoms with van der Waals surface area (Å²) >= 11 is 3.16. The SMILES string of the molecule is CC(C)(C)OC(=O)CC1C(=O)N(Cc2ccc(Br)cc2F)C(=O)c2ccc(F)cc21. The van der Waals surface area contributed by atoms with E-state index in [0.29, 0.717) is 4.47 Å². The molecule has 0 saturated heterocycles. The van der Waals surface area contributed by atoms with Crippen molar-refractivity contribution in [1.82, 2.24) is 4.90 Å². The molecule has 0 fully saturated rings. The molecule has 1 aliphatic rings. The minimum Gasteiger partial charge on any atom is -0.460 e. The number of halogens is 3. The first-order chi connectivity index (χ1) is 14.0. The van der Waals surface area contributed by atoms with Crippen molar-refractivity contribution >= 4 is 33.7 Å². The number of nitrogens with zero attached hydrogens (tertiary/aromatic N) is 1. The normalized spacial score (nSPS) is 16.5. The molecular weight excluding hydrogens is 460 g/mol. The molecule has 1 heterocycles. The Labute approximate surface area is 181 Å². The Balaban J connectivity index is 1.98. The highest BCUT2D eigenvalue weighted by Gasteiger charge is 2.41. The van der Waals surface area contributed by atoms with Gasteiger partial charge in [0.05, 0.1) is 18.9 Å². The van der Waals surface area contributed by atoms with Gasteiger partial charge in [-0.25, -0.2) is 8.78 Å². The lowest BCUT2D eigenvalue weighted by Gasteiger charge is -2.33. The van der Waals surface area contributed by atoms with Gasteiger partial charge in [0.1, 0.15) is 17.2 Å². The molecule has 3 rings (SSSR count). The van der Waals surface area contributed by atoms with Crippen LogP contribution >= 0.6 is 15.9 Å². The lowest BCUT2D eigenvalue weighted by atomic mass is 9.86. The number of benzene rings is 2. The highest BCUT2D eigenvalue weighted by Crippen LogP contribution is 2.34. The number of hydrogen-bond donors (Lipinski definition) is 0. The molecule has 1 unspecified atom stereocenters. The Hall–Kier alpha value is -2.61. The van der Waals surface area contributed by atoms with Crippen LogP contribution in [0.5, 0.6) is 0 Å². The molecule has 2 amide bonds. The van der Waals surface area contributed by atoms with Gasteiger partial charge in [0.15, 0.2) is 0 Å². The number of esters is 1. The van der Waals surface area contributed by atoms with Crippen molar-refractivity contribution in [2.75, 3.05) is 0 Å². The molecule has 1 aliphatic heterocycles. The van der Waals surface area contributed by atoms with Crippen LogP contribution in [0.4, 0.5) is 8.78 Å². The van der Waals surface area contributed by atoms with E-state index in [-0.39, 0.29) is 29.7 Å². The summed E-state index contributed by atoms with van der Waals surface area (Å²) in [6.45, 7) is 4.76. The summed E-state index contributed by atoms with van der Waals surface area (Å²) in [6, 6.07) is 7.75. The predicted octanol–water partition coefficient (Wildman–Crippen LogP) is 4.73. The number of imide groups is 1. The fourth-order valence-corrected chi connectivity index (χ4v) is 3.63.